The minimum Gasteiger partial charge on any atom is -0.370 e. The van der Waals surface area contributed by atoms with E-state index >= 15 is 0 Å². The van der Waals surface area contributed by atoms with Crippen molar-refractivity contribution in [3.8, 4) is 0 Å². The van der Waals surface area contributed by atoms with Crippen molar-refractivity contribution in [3.63, 3.8) is 0 Å². The molecular weight excluding hydrogens is 268 g/mol. The molecule has 0 aliphatic carbocycles. The van der Waals surface area contributed by atoms with Gasteiger partial charge in [-0.05, 0) is 34.0 Å². The molecule has 0 saturated carbocycles. The molecule has 2 N–H and O–H groups in total. The van der Waals surface area contributed by atoms with Gasteiger partial charge >= 0.3 is 0 Å². The third-order valence-electron chi connectivity index (χ3n) is 3.26. The predicted molar refractivity (Wildman–Crippen MR) is 91.1 cm³/mol. The van der Waals surface area contributed by atoms with E-state index in [2.05, 4.69) is 68.4 Å². The quantitative estimate of drug-likeness (QED) is 0.799. The Bertz CT molecular complexity index is 444. The summed E-state index contributed by atoms with van der Waals surface area (Å²) in [5.41, 5.74) is 1.09. The maximum Gasteiger partial charge on any atom is 0.135 e. The van der Waals surface area contributed by atoms with Gasteiger partial charge in [0.15, 0.2) is 0 Å². The van der Waals surface area contributed by atoms with Crippen molar-refractivity contribution in [2.75, 3.05) is 30.0 Å². The summed E-state index contributed by atoms with van der Waals surface area (Å²) in [7, 11) is 0. The maximum absolute atomic E-state index is 4.68. The van der Waals surface area contributed by atoms with Crippen molar-refractivity contribution >= 4 is 23.4 Å². The van der Waals surface area contributed by atoms with Crippen LogP contribution in [0, 0.1) is 6.92 Å². The second-order valence-corrected chi connectivity index (χ2v) is 7.42. The van der Waals surface area contributed by atoms with E-state index < -0.39 is 0 Å². The molecule has 1 heterocycles. The molecule has 114 valence electrons. The standard InChI is InChI=1S/C15H28N4S/c1-8-16-13-11(4)14(17-9-15(5,6)20-7)19-12(18-13)10(2)3/h10H,8-9H2,1-7H3,(H2,16,17,18,19). The number of hydrogen-bond acceptors (Lipinski definition) is 5. The van der Waals surface area contributed by atoms with E-state index in [1.165, 1.54) is 0 Å². The fourth-order valence-corrected chi connectivity index (χ4v) is 1.89. The number of hydrogen-bond donors (Lipinski definition) is 2. The zero-order chi connectivity index (χ0) is 15.3. The third kappa shape index (κ3) is 4.54. The van der Waals surface area contributed by atoms with Crippen molar-refractivity contribution < 1.29 is 0 Å². The van der Waals surface area contributed by atoms with E-state index in [4.69, 9.17) is 0 Å². The zero-order valence-electron chi connectivity index (χ0n) is 13.8. The summed E-state index contributed by atoms with van der Waals surface area (Å²) < 4.78 is 0.188. The summed E-state index contributed by atoms with van der Waals surface area (Å²) in [6.07, 6.45) is 2.14. The number of thioether (sulfide) groups is 1. The normalized spacial score (nSPS) is 11.8. The van der Waals surface area contributed by atoms with Gasteiger partial charge in [0, 0.05) is 29.3 Å². The Morgan fingerprint density at radius 1 is 1.15 bits per heavy atom. The van der Waals surface area contributed by atoms with Crippen molar-refractivity contribution in [2.45, 2.75) is 52.2 Å². The average molecular weight is 296 g/mol. The SMILES string of the molecule is CCNc1nc(C(C)C)nc(NCC(C)(C)SC)c1C. The molecule has 0 unspecified atom stereocenters. The summed E-state index contributed by atoms with van der Waals surface area (Å²) in [5.74, 6) is 3.09. The molecule has 0 spiro atoms. The van der Waals surface area contributed by atoms with Gasteiger partial charge in [0.05, 0.1) is 0 Å². The molecule has 1 aromatic heterocycles. The van der Waals surface area contributed by atoms with Gasteiger partial charge in [-0.2, -0.15) is 11.8 Å². The molecule has 0 bridgehead atoms. The van der Waals surface area contributed by atoms with Crippen molar-refractivity contribution in [2.24, 2.45) is 0 Å². The molecule has 0 aromatic carbocycles. The smallest absolute Gasteiger partial charge is 0.135 e. The Morgan fingerprint density at radius 2 is 1.70 bits per heavy atom. The van der Waals surface area contributed by atoms with Crippen LogP contribution in [0.3, 0.4) is 0 Å². The van der Waals surface area contributed by atoms with E-state index in [0.717, 1.165) is 36.1 Å². The largest absolute Gasteiger partial charge is 0.370 e. The number of aromatic nitrogens is 2. The highest BCUT2D eigenvalue weighted by molar-refractivity contribution is 7.99. The number of nitrogens with one attached hydrogen (secondary N) is 2. The highest BCUT2D eigenvalue weighted by atomic mass is 32.2. The van der Waals surface area contributed by atoms with Crippen LogP contribution in [-0.4, -0.2) is 34.1 Å². The number of nitrogens with zero attached hydrogens (tertiary/aromatic N) is 2. The molecule has 4 nitrogen and oxygen atoms in total. The Hall–Kier alpha value is -0.970. The van der Waals surface area contributed by atoms with Gasteiger partial charge in [0.25, 0.3) is 0 Å². The van der Waals surface area contributed by atoms with E-state index in [9.17, 15) is 0 Å². The lowest BCUT2D eigenvalue weighted by atomic mass is 10.2. The zero-order valence-corrected chi connectivity index (χ0v) is 14.6. The fourth-order valence-electron chi connectivity index (χ4n) is 1.67. The Balaban J connectivity index is 3.04. The van der Waals surface area contributed by atoms with Gasteiger partial charge < -0.3 is 10.6 Å². The highest BCUT2D eigenvalue weighted by Gasteiger charge is 2.18. The lowest BCUT2D eigenvalue weighted by Gasteiger charge is -2.24. The first-order chi connectivity index (χ1) is 9.30. The fraction of sp³-hybridized carbons (Fsp3) is 0.733. The Labute approximate surface area is 127 Å². The van der Waals surface area contributed by atoms with Crippen LogP contribution in [0.5, 0.6) is 0 Å². The summed E-state index contributed by atoms with van der Waals surface area (Å²) in [6.45, 7) is 14.6. The monoisotopic (exact) mass is 296 g/mol. The first kappa shape index (κ1) is 17.1. The van der Waals surface area contributed by atoms with Gasteiger partial charge in [-0.15, -0.1) is 0 Å². The molecular formula is C15H28N4S. The van der Waals surface area contributed by atoms with Crippen LogP contribution in [0.15, 0.2) is 0 Å². The predicted octanol–water partition coefficient (Wildman–Crippen LogP) is 3.89. The molecule has 0 amide bonds. The van der Waals surface area contributed by atoms with Crippen molar-refractivity contribution in [3.05, 3.63) is 11.4 Å². The molecule has 1 aromatic rings. The van der Waals surface area contributed by atoms with Gasteiger partial charge in [0.2, 0.25) is 0 Å². The summed E-state index contributed by atoms with van der Waals surface area (Å²) in [5, 5.41) is 6.81. The lowest BCUT2D eigenvalue weighted by molar-refractivity contribution is 0.739. The van der Waals surface area contributed by atoms with Crippen molar-refractivity contribution in [1.82, 2.24) is 9.97 Å². The van der Waals surface area contributed by atoms with E-state index in [0.29, 0.717) is 5.92 Å². The minimum absolute atomic E-state index is 0.188. The summed E-state index contributed by atoms with van der Waals surface area (Å²) >= 11 is 1.86. The van der Waals surface area contributed by atoms with Crippen molar-refractivity contribution in [1.29, 1.82) is 0 Å². The Morgan fingerprint density at radius 3 is 2.15 bits per heavy atom. The average Bonchev–Trinajstić information content (AvgIpc) is 2.39. The van der Waals surface area contributed by atoms with Crippen LogP contribution in [0.4, 0.5) is 11.6 Å². The maximum atomic E-state index is 4.68. The molecule has 1 rings (SSSR count). The highest BCUT2D eigenvalue weighted by Crippen LogP contribution is 2.26. The van der Waals surface area contributed by atoms with Gasteiger partial charge in [-0.3, -0.25) is 0 Å². The summed E-state index contributed by atoms with van der Waals surface area (Å²) in [4.78, 5) is 9.30. The molecule has 0 radical (unpaired) electrons. The van der Waals surface area contributed by atoms with Crippen LogP contribution in [-0.2, 0) is 0 Å². The van der Waals surface area contributed by atoms with Crippen LogP contribution >= 0.6 is 11.8 Å². The van der Waals surface area contributed by atoms with Crippen LogP contribution < -0.4 is 10.6 Å². The molecule has 0 aliphatic rings. The number of rotatable bonds is 7. The number of anilines is 2. The van der Waals surface area contributed by atoms with Gasteiger partial charge in [-0.1, -0.05) is 13.8 Å². The molecule has 20 heavy (non-hydrogen) atoms. The van der Waals surface area contributed by atoms with Crippen LogP contribution in [0.25, 0.3) is 0 Å². The molecule has 0 saturated heterocycles. The first-order valence-corrected chi connectivity index (χ1v) is 8.44. The molecule has 0 atom stereocenters. The van der Waals surface area contributed by atoms with Gasteiger partial charge in [0.1, 0.15) is 17.5 Å². The topological polar surface area (TPSA) is 49.8 Å². The van der Waals surface area contributed by atoms with E-state index in [1.54, 1.807) is 0 Å². The van der Waals surface area contributed by atoms with E-state index in [-0.39, 0.29) is 4.75 Å². The first-order valence-electron chi connectivity index (χ1n) is 7.22. The molecule has 0 aliphatic heterocycles. The second-order valence-electron chi connectivity index (χ2n) is 5.91. The Kier molecular flexibility index (Phi) is 6.11. The van der Waals surface area contributed by atoms with Crippen LogP contribution in [0.2, 0.25) is 0 Å². The summed E-state index contributed by atoms with van der Waals surface area (Å²) in [6, 6.07) is 0. The second kappa shape index (κ2) is 7.16. The van der Waals surface area contributed by atoms with E-state index in [1.807, 2.05) is 11.8 Å². The molecule has 5 heteroatoms. The van der Waals surface area contributed by atoms with Gasteiger partial charge in [-0.25, -0.2) is 9.97 Å². The third-order valence-corrected chi connectivity index (χ3v) is 4.51. The molecule has 0 fully saturated rings. The lowest BCUT2D eigenvalue weighted by Crippen LogP contribution is -2.27. The van der Waals surface area contributed by atoms with Crippen LogP contribution in [0.1, 0.15) is 51.9 Å². The minimum atomic E-state index is 0.188.